The number of fused-ring (bicyclic) bond motifs is 1. The van der Waals surface area contributed by atoms with E-state index in [9.17, 15) is 0 Å². The molecule has 1 aromatic carbocycles. The highest BCUT2D eigenvalue weighted by molar-refractivity contribution is 7.10. The molecule has 20 heavy (non-hydrogen) atoms. The number of hydrogen-bond donors (Lipinski definition) is 1. The minimum atomic E-state index is 0.283. The maximum absolute atomic E-state index is 6.22. The minimum Gasteiger partial charge on any atom is -0.369 e. The number of nitrogens with two attached hydrogens (primary N) is 1. The molecule has 1 unspecified atom stereocenters. The topological polar surface area (TPSA) is 43.8 Å². The number of thiophene rings is 1. The summed E-state index contributed by atoms with van der Waals surface area (Å²) in [5.74, 6) is 0.612. The standard InChI is InChI=1S/C16H19N3S/c1-3-6-13(14-9-5-10-20-14)19-15-11(2)7-4-8-12(15)18-16(19)17/h4-5,7-10,13H,3,6H2,1-2H3,(H2,17,18). The van der Waals surface area contributed by atoms with E-state index in [1.807, 2.05) is 12.1 Å². The van der Waals surface area contributed by atoms with E-state index in [4.69, 9.17) is 5.73 Å². The Balaban J connectivity index is 2.23. The SMILES string of the molecule is CCCC(c1cccs1)n1c(N)nc2cccc(C)c21. The van der Waals surface area contributed by atoms with E-state index in [1.165, 1.54) is 10.4 Å². The van der Waals surface area contributed by atoms with E-state index in [1.54, 1.807) is 11.3 Å². The van der Waals surface area contributed by atoms with Crippen molar-refractivity contribution in [1.82, 2.24) is 9.55 Å². The Morgan fingerprint density at radius 3 is 2.85 bits per heavy atom. The van der Waals surface area contributed by atoms with Gasteiger partial charge in [0.05, 0.1) is 17.1 Å². The number of aromatic nitrogens is 2. The number of aryl methyl sites for hydroxylation is 1. The zero-order valence-corrected chi connectivity index (χ0v) is 12.7. The van der Waals surface area contributed by atoms with E-state index >= 15 is 0 Å². The Labute approximate surface area is 123 Å². The first kappa shape index (κ1) is 13.2. The summed E-state index contributed by atoms with van der Waals surface area (Å²) in [6, 6.07) is 10.8. The maximum atomic E-state index is 6.22. The fourth-order valence-electron chi connectivity index (χ4n) is 2.81. The number of rotatable bonds is 4. The van der Waals surface area contributed by atoms with Crippen molar-refractivity contribution in [2.24, 2.45) is 0 Å². The summed E-state index contributed by atoms with van der Waals surface area (Å²) < 4.78 is 2.21. The van der Waals surface area contributed by atoms with Gasteiger partial charge in [0.15, 0.2) is 0 Å². The zero-order valence-electron chi connectivity index (χ0n) is 11.8. The van der Waals surface area contributed by atoms with Gasteiger partial charge in [-0.05, 0) is 36.4 Å². The normalized spacial score (nSPS) is 12.9. The highest BCUT2D eigenvalue weighted by atomic mass is 32.1. The van der Waals surface area contributed by atoms with E-state index < -0.39 is 0 Å². The van der Waals surface area contributed by atoms with Gasteiger partial charge in [-0.3, -0.25) is 0 Å². The summed E-state index contributed by atoms with van der Waals surface area (Å²) in [4.78, 5) is 5.88. The molecule has 0 aliphatic rings. The number of anilines is 1. The smallest absolute Gasteiger partial charge is 0.201 e. The lowest BCUT2D eigenvalue weighted by atomic mass is 10.1. The summed E-state index contributed by atoms with van der Waals surface area (Å²) in [6.07, 6.45) is 2.19. The molecule has 2 N–H and O–H groups in total. The highest BCUT2D eigenvalue weighted by Gasteiger charge is 2.20. The maximum Gasteiger partial charge on any atom is 0.201 e. The molecular formula is C16H19N3S. The molecule has 0 radical (unpaired) electrons. The lowest BCUT2D eigenvalue weighted by molar-refractivity contribution is 0.559. The highest BCUT2D eigenvalue weighted by Crippen LogP contribution is 2.34. The molecule has 0 bridgehead atoms. The van der Waals surface area contributed by atoms with Crippen LogP contribution >= 0.6 is 11.3 Å². The van der Waals surface area contributed by atoms with Crippen LogP contribution in [0.2, 0.25) is 0 Å². The summed E-state index contributed by atoms with van der Waals surface area (Å²) in [5, 5.41) is 2.13. The average molecular weight is 285 g/mol. The molecule has 3 nitrogen and oxygen atoms in total. The molecule has 0 amide bonds. The molecule has 0 saturated carbocycles. The van der Waals surface area contributed by atoms with Crippen molar-refractivity contribution in [2.45, 2.75) is 32.7 Å². The van der Waals surface area contributed by atoms with E-state index in [0.717, 1.165) is 23.9 Å². The molecule has 2 aromatic heterocycles. The van der Waals surface area contributed by atoms with Crippen LogP contribution in [0.15, 0.2) is 35.7 Å². The molecule has 0 aliphatic carbocycles. The molecule has 4 heteroatoms. The number of nitrogens with zero attached hydrogens (tertiary/aromatic N) is 2. The molecule has 2 heterocycles. The largest absolute Gasteiger partial charge is 0.369 e. The first-order chi connectivity index (χ1) is 9.72. The summed E-state index contributed by atoms with van der Waals surface area (Å²) in [7, 11) is 0. The van der Waals surface area contributed by atoms with E-state index in [2.05, 4.69) is 47.0 Å². The van der Waals surface area contributed by atoms with Crippen LogP contribution in [-0.2, 0) is 0 Å². The summed E-state index contributed by atoms with van der Waals surface area (Å²) in [6.45, 7) is 4.33. The van der Waals surface area contributed by atoms with Gasteiger partial charge in [0.2, 0.25) is 5.95 Å². The molecule has 3 rings (SSSR count). The van der Waals surface area contributed by atoms with Gasteiger partial charge in [-0.2, -0.15) is 0 Å². The van der Waals surface area contributed by atoms with Crippen molar-refractivity contribution in [3.8, 4) is 0 Å². The second-order valence-corrected chi connectivity index (χ2v) is 6.08. The van der Waals surface area contributed by atoms with Crippen LogP contribution in [0.5, 0.6) is 0 Å². The number of nitrogen functional groups attached to an aromatic ring is 1. The minimum absolute atomic E-state index is 0.283. The molecule has 1 atom stereocenters. The molecule has 0 spiro atoms. The lowest BCUT2D eigenvalue weighted by Gasteiger charge is -2.19. The fraction of sp³-hybridized carbons (Fsp3) is 0.312. The van der Waals surface area contributed by atoms with Crippen molar-refractivity contribution in [2.75, 3.05) is 5.73 Å². The number of hydrogen-bond acceptors (Lipinski definition) is 3. The lowest BCUT2D eigenvalue weighted by Crippen LogP contribution is -2.12. The van der Waals surface area contributed by atoms with Gasteiger partial charge < -0.3 is 10.3 Å². The van der Waals surface area contributed by atoms with Crippen molar-refractivity contribution < 1.29 is 0 Å². The number of benzene rings is 1. The Morgan fingerprint density at radius 1 is 1.30 bits per heavy atom. The average Bonchev–Trinajstić information content (AvgIpc) is 3.04. The molecule has 0 saturated heterocycles. The molecule has 0 fully saturated rings. The van der Waals surface area contributed by atoms with E-state index in [0.29, 0.717) is 5.95 Å². The van der Waals surface area contributed by atoms with Crippen LogP contribution in [0.3, 0.4) is 0 Å². The number of para-hydroxylation sites is 1. The fourth-order valence-corrected chi connectivity index (χ4v) is 3.66. The van der Waals surface area contributed by atoms with Gasteiger partial charge in [0, 0.05) is 4.88 Å². The van der Waals surface area contributed by atoms with E-state index in [-0.39, 0.29) is 6.04 Å². The quantitative estimate of drug-likeness (QED) is 0.773. The second kappa shape index (κ2) is 5.29. The van der Waals surface area contributed by atoms with Crippen LogP contribution < -0.4 is 5.73 Å². The third kappa shape index (κ3) is 2.10. The van der Waals surface area contributed by atoms with Crippen LogP contribution in [0.1, 0.15) is 36.2 Å². The van der Waals surface area contributed by atoms with Crippen molar-refractivity contribution in [1.29, 1.82) is 0 Å². The third-order valence-electron chi connectivity index (χ3n) is 3.68. The van der Waals surface area contributed by atoms with Gasteiger partial charge in [0.25, 0.3) is 0 Å². The van der Waals surface area contributed by atoms with Gasteiger partial charge in [-0.15, -0.1) is 11.3 Å². The molecule has 0 aliphatic heterocycles. The first-order valence-corrected chi connectivity index (χ1v) is 7.86. The van der Waals surface area contributed by atoms with Crippen LogP contribution in [0, 0.1) is 6.92 Å². The van der Waals surface area contributed by atoms with Crippen LogP contribution in [0.25, 0.3) is 11.0 Å². The van der Waals surface area contributed by atoms with Crippen molar-refractivity contribution in [3.63, 3.8) is 0 Å². The predicted octanol–water partition coefficient (Wildman–Crippen LogP) is 4.38. The van der Waals surface area contributed by atoms with Gasteiger partial charge in [-0.1, -0.05) is 31.5 Å². The predicted molar refractivity (Wildman–Crippen MR) is 86.2 cm³/mol. The second-order valence-electron chi connectivity index (χ2n) is 5.10. The first-order valence-electron chi connectivity index (χ1n) is 6.98. The molecular weight excluding hydrogens is 266 g/mol. The van der Waals surface area contributed by atoms with Crippen LogP contribution in [-0.4, -0.2) is 9.55 Å². The Hall–Kier alpha value is -1.81. The Bertz CT molecular complexity index is 713. The van der Waals surface area contributed by atoms with Gasteiger partial charge >= 0.3 is 0 Å². The van der Waals surface area contributed by atoms with Crippen molar-refractivity contribution in [3.05, 3.63) is 46.2 Å². The molecule has 3 aromatic rings. The summed E-state index contributed by atoms with van der Waals surface area (Å²) in [5.41, 5.74) is 9.59. The monoisotopic (exact) mass is 285 g/mol. The molecule has 104 valence electrons. The Morgan fingerprint density at radius 2 is 2.15 bits per heavy atom. The summed E-state index contributed by atoms with van der Waals surface area (Å²) >= 11 is 1.79. The zero-order chi connectivity index (χ0) is 14.1. The number of imidazole rings is 1. The van der Waals surface area contributed by atoms with Crippen LogP contribution in [0.4, 0.5) is 5.95 Å². The van der Waals surface area contributed by atoms with Gasteiger partial charge in [0.1, 0.15) is 0 Å². The third-order valence-corrected chi connectivity index (χ3v) is 4.66. The Kier molecular flexibility index (Phi) is 3.49. The van der Waals surface area contributed by atoms with Crippen molar-refractivity contribution >= 4 is 28.3 Å². The van der Waals surface area contributed by atoms with Gasteiger partial charge in [-0.25, -0.2) is 4.98 Å².